The molecule has 0 bridgehead atoms. The molecule has 10 heteroatoms. The van der Waals surface area contributed by atoms with Crippen LogP contribution in [0.25, 0.3) is 27.2 Å². The van der Waals surface area contributed by atoms with Crippen LogP contribution in [0.15, 0.2) is 66.0 Å². The van der Waals surface area contributed by atoms with Gasteiger partial charge in [-0.3, -0.25) is 14.6 Å². The van der Waals surface area contributed by atoms with E-state index in [9.17, 15) is 9.18 Å². The van der Waals surface area contributed by atoms with Crippen LogP contribution in [0.5, 0.6) is 0 Å². The highest BCUT2D eigenvalue weighted by atomic mass is 32.1. The summed E-state index contributed by atoms with van der Waals surface area (Å²) in [5.41, 5.74) is 3.39. The van der Waals surface area contributed by atoms with Crippen LogP contribution in [-0.2, 0) is 4.74 Å². The van der Waals surface area contributed by atoms with E-state index >= 15 is 0 Å². The van der Waals surface area contributed by atoms with Crippen LogP contribution in [0.4, 0.5) is 9.52 Å². The van der Waals surface area contributed by atoms with E-state index in [1.165, 1.54) is 34.8 Å². The minimum atomic E-state index is -0.289. The molecule has 3 aromatic heterocycles. The van der Waals surface area contributed by atoms with Gasteiger partial charge in [0.1, 0.15) is 10.6 Å². The van der Waals surface area contributed by atoms with E-state index in [1.807, 2.05) is 53.4 Å². The molecular formula is C29H28FN5O2S2. The largest absolute Gasteiger partial charge is 0.379 e. The van der Waals surface area contributed by atoms with Gasteiger partial charge in [0, 0.05) is 42.5 Å². The molecule has 0 saturated carbocycles. The van der Waals surface area contributed by atoms with E-state index < -0.39 is 0 Å². The standard InChI is InChI=1S/C29H28FN5O2S2/c1-20-24-18-26(39-28(24)35(32-20)23-6-3-2-4-7-23)27(36)34(13-5-12-33-14-16-37-17-15-33)29-31-25(19-38-29)21-8-10-22(30)11-9-21/h2-4,6-11,18-19H,5,12-17H2,1H3. The maximum absolute atomic E-state index is 14.0. The molecule has 0 spiro atoms. The second kappa shape index (κ2) is 11.4. The van der Waals surface area contributed by atoms with Crippen LogP contribution >= 0.6 is 22.7 Å². The molecule has 7 nitrogen and oxygen atoms in total. The molecule has 0 radical (unpaired) electrons. The van der Waals surface area contributed by atoms with Crippen molar-refractivity contribution < 1.29 is 13.9 Å². The topological polar surface area (TPSA) is 63.5 Å². The molecule has 1 amide bonds. The minimum absolute atomic E-state index is 0.0720. The monoisotopic (exact) mass is 561 g/mol. The Labute approximate surface area is 234 Å². The van der Waals surface area contributed by atoms with Gasteiger partial charge in [0.05, 0.1) is 35.2 Å². The number of thiophene rings is 1. The Morgan fingerprint density at radius 3 is 2.64 bits per heavy atom. The van der Waals surface area contributed by atoms with Crippen LogP contribution in [0, 0.1) is 12.7 Å². The van der Waals surface area contributed by atoms with Crippen molar-refractivity contribution in [2.75, 3.05) is 44.3 Å². The number of aryl methyl sites for hydroxylation is 1. The van der Waals surface area contributed by atoms with Gasteiger partial charge in [-0.1, -0.05) is 18.2 Å². The summed E-state index contributed by atoms with van der Waals surface area (Å²) < 4.78 is 20.8. The van der Waals surface area contributed by atoms with E-state index in [1.54, 1.807) is 17.0 Å². The second-order valence-corrected chi connectivity index (χ2v) is 11.3. The number of carbonyl (C=O) groups is 1. The number of thiazole rings is 1. The smallest absolute Gasteiger partial charge is 0.270 e. The molecule has 2 aromatic carbocycles. The molecular weight excluding hydrogens is 533 g/mol. The van der Waals surface area contributed by atoms with Crippen molar-refractivity contribution in [2.45, 2.75) is 13.3 Å². The predicted octanol–water partition coefficient (Wildman–Crippen LogP) is 6.03. The van der Waals surface area contributed by atoms with E-state index in [2.05, 4.69) is 4.90 Å². The predicted molar refractivity (Wildman–Crippen MR) is 155 cm³/mol. The SMILES string of the molecule is Cc1nn(-c2ccccc2)c2sc(C(=O)N(CCCN3CCOCC3)c3nc(-c4ccc(F)cc4)cs3)cc12. The number of carbonyl (C=O) groups excluding carboxylic acids is 1. The molecule has 39 heavy (non-hydrogen) atoms. The molecule has 0 N–H and O–H groups in total. The Morgan fingerprint density at radius 1 is 1.10 bits per heavy atom. The fourth-order valence-electron chi connectivity index (χ4n) is 4.73. The average molecular weight is 562 g/mol. The maximum Gasteiger partial charge on any atom is 0.270 e. The summed E-state index contributed by atoms with van der Waals surface area (Å²) in [5.74, 6) is -0.361. The number of fused-ring (bicyclic) bond motifs is 1. The first-order valence-corrected chi connectivity index (χ1v) is 14.6. The van der Waals surface area contributed by atoms with Crippen LogP contribution in [0.1, 0.15) is 21.8 Å². The highest BCUT2D eigenvalue weighted by Crippen LogP contribution is 2.34. The summed E-state index contributed by atoms with van der Waals surface area (Å²) in [5, 5.41) is 8.26. The summed E-state index contributed by atoms with van der Waals surface area (Å²) in [7, 11) is 0. The third-order valence-corrected chi connectivity index (χ3v) is 8.79. The maximum atomic E-state index is 14.0. The van der Waals surface area contributed by atoms with Crippen molar-refractivity contribution in [3.05, 3.63) is 82.4 Å². The Morgan fingerprint density at radius 2 is 1.87 bits per heavy atom. The number of para-hydroxylation sites is 1. The van der Waals surface area contributed by atoms with Gasteiger partial charge in [-0.25, -0.2) is 14.1 Å². The molecule has 1 saturated heterocycles. The summed E-state index contributed by atoms with van der Waals surface area (Å²) in [6.45, 7) is 6.71. The van der Waals surface area contributed by atoms with Gasteiger partial charge in [0.2, 0.25) is 0 Å². The number of hydrogen-bond donors (Lipinski definition) is 0. The molecule has 6 rings (SSSR count). The van der Waals surface area contributed by atoms with Crippen molar-refractivity contribution in [3.63, 3.8) is 0 Å². The summed E-state index contributed by atoms with van der Waals surface area (Å²) in [4.78, 5) is 24.6. The quantitative estimate of drug-likeness (QED) is 0.232. The van der Waals surface area contributed by atoms with Crippen molar-refractivity contribution >= 4 is 43.9 Å². The van der Waals surface area contributed by atoms with Crippen molar-refractivity contribution in [3.8, 4) is 16.9 Å². The highest BCUT2D eigenvalue weighted by Gasteiger charge is 2.25. The summed E-state index contributed by atoms with van der Waals surface area (Å²) in [6, 6.07) is 18.2. The number of aromatic nitrogens is 3. The number of amides is 1. The molecule has 200 valence electrons. The molecule has 0 unspecified atom stereocenters. The normalized spacial score (nSPS) is 14.2. The van der Waals surface area contributed by atoms with E-state index in [4.69, 9.17) is 14.8 Å². The van der Waals surface area contributed by atoms with Gasteiger partial charge < -0.3 is 4.74 Å². The van der Waals surface area contributed by atoms with E-state index in [0.717, 1.165) is 72.1 Å². The molecule has 0 atom stereocenters. The summed E-state index contributed by atoms with van der Waals surface area (Å²) >= 11 is 2.89. The molecule has 1 fully saturated rings. The van der Waals surface area contributed by atoms with Crippen molar-refractivity contribution in [1.29, 1.82) is 0 Å². The lowest BCUT2D eigenvalue weighted by atomic mass is 10.2. The first kappa shape index (κ1) is 25.8. The van der Waals surface area contributed by atoms with Crippen molar-refractivity contribution in [2.24, 2.45) is 0 Å². The van der Waals surface area contributed by atoms with Crippen LogP contribution in [-0.4, -0.2) is 65.0 Å². The number of rotatable bonds is 8. The van der Waals surface area contributed by atoms with Gasteiger partial charge in [0.25, 0.3) is 5.91 Å². The zero-order valence-electron chi connectivity index (χ0n) is 21.5. The number of benzene rings is 2. The molecule has 1 aliphatic rings. The third kappa shape index (κ3) is 5.51. The lowest BCUT2D eigenvalue weighted by Gasteiger charge is -2.27. The number of anilines is 1. The van der Waals surface area contributed by atoms with Gasteiger partial charge in [-0.2, -0.15) is 5.10 Å². The Hall–Kier alpha value is -3.44. The number of halogens is 1. The van der Waals surface area contributed by atoms with Crippen LogP contribution < -0.4 is 4.90 Å². The third-order valence-electron chi connectivity index (χ3n) is 6.82. The zero-order chi connectivity index (χ0) is 26.8. The number of ether oxygens (including phenoxy) is 1. The van der Waals surface area contributed by atoms with Gasteiger partial charge >= 0.3 is 0 Å². The lowest BCUT2D eigenvalue weighted by molar-refractivity contribution is 0.0376. The Balaban J connectivity index is 1.30. The number of morpholine rings is 1. The van der Waals surface area contributed by atoms with Crippen LogP contribution in [0.2, 0.25) is 0 Å². The summed E-state index contributed by atoms with van der Waals surface area (Å²) in [6.07, 6.45) is 0.818. The first-order chi connectivity index (χ1) is 19.1. The van der Waals surface area contributed by atoms with Crippen molar-refractivity contribution in [1.82, 2.24) is 19.7 Å². The fraction of sp³-hybridized carbons (Fsp3) is 0.276. The van der Waals surface area contributed by atoms with Gasteiger partial charge in [-0.05, 0) is 55.8 Å². The number of nitrogens with zero attached hydrogens (tertiary/aromatic N) is 5. The Bertz CT molecular complexity index is 1570. The minimum Gasteiger partial charge on any atom is -0.379 e. The second-order valence-electron chi connectivity index (χ2n) is 9.45. The fourth-order valence-corrected chi connectivity index (χ4v) is 6.72. The van der Waals surface area contributed by atoms with Gasteiger partial charge in [-0.15, -0.1) is 22.7 Å². The van der Waals surface area contributed by atoms with Gasteiger partial charge in [0.15, 0.2) is 5.13 Å². The Kier molecular flexibility index (Phi) is 7.51. The van der Waals surface area contributed by atoms with Crippen LogP contribution in [0.3, 0.4) is 0 Å². The molecule has 4 heterocycles. The number of hydrogen-bond acceptors (Lipinski definition) is 7. The zero-order valence-corrected chi connectivity index (χ0v) is 23.2. The molecule has 0 aliphatic carbocycles. The molecule has 1 aliphatic heterocycles. The van der Waals surface area contributed by atoms with E-state index in [-0.39, 0.29) is 11.7 Å². The van der Waals surface area contributed by atoms with E-state index in [0.29, 0.717) is 16.6 Å². The average Bonchev–Trinajstić information content (AvgIpc) is 3.70. The molecule has 5 aromatic rings. The lowest BCUT2D eigenvalue weighted by Crippen LogP contribution is -2.39. The first-order valence-electron chi connectivity index (χ1n) is 12.9. The highest BCUT2D eigenvalue weighted by molar-refractivity contribution is 7.20.